The summed E-state index contributed by atoms with van der Waals surface area (Å²) in [6, 6.07) is 59.1. The molecule has 0 amide bonds. The zero-order valence-electron chi connectivity index (χ0n) is 29.7. The number of hydrogen-bond donors (Lipinski definition) is 0. The van der Waals surface area contributed by atoms with E-state index in [0.717, 1.165) is 77.1 Å². The Morgan fingerprint density at radius 2 is 0.893 bits per heavy atom. The highest BCUT2D eigenvalue weighted by atomic mass is 15.2. The van der Waals surface area contributed by atoms with Gasteiger partial charge in [0.25, 0.3) is 0 Å². The first-order chi connectivity index (χ1) is 27.6. The van der Waals surface area contributed by atoms with Crippen LogP contribution in [0.5, 0.6) is 0 Å². The Morgan fingerprint density at radius 3 is 1.52 bits per heavy atom. The van der Waals surface area contributed by atoms with E-state index in [1.807, 2.05) is 91.1 Å². The predicted octanol–water partition coefficient (Wildman–Crippen LogP) is 11.3. The normalized spacial score (nSPS) is 11.2. The van der Waals surface area contributed by atoms with Gasteiger partial charge in [-0.25, -0.2) is 9.97 Å². The molecule has 258 valence electrons. The fourth-order valence-electron chi connectivity index (χ4n) is 7.99. The zero-order chi connectivity index (χ0) is 37.8. The molecule has 0 radical (unpaired) electrons. The molecule has 6 aromatic carbocycles. The highest BCUT2D eigenvalue weighted by Gasteiger charge is 2.21. The molecule has 0 aliphatic heterocycles. The standard InChI is InChI=1S/C49H27N7/c50-28-31-15-19-34(20-16-31)36-8-1-3-10-38(36)39-11-4-2-9-37(39)35-26-47(54-48(27-35)56-44-14-6-5-12-40(44)41-13-7-23-53-49(41)56)55-45-21-17-32(29-51)24-42(45)43-25-33(30-52)18-22-46(43)55/h1-27H. The van der Waals surface area contributed by atoms with Gasteiger partial charge >= 0.3 is 0 Å². The van der Waals surface area contributed by atoms with E-state index in [1.54, 1.807) is 0 Å². The zero-order valence-corrected chi connectivity index (χ0v) is 29.7. The van der Waals surface area contributed by atoms with Gasteiger partial charge < -0.3 is 0 Å². The molecular formula is C49H27N7. The summed E-state index contributed by atoms with van der Waals surface area (Å²) < 4.78 is 4.25. The van der Waals surface area contributed by atoms with Gasteiger partial charge in [-0.3, -0.25) is 9.13 Å². The molecule has 56 heavy (non-hydrogen) atoms. The summed E-state index contributed by atoms with van der Waals surface area (Å²) in [5, 5.41) is 33.0. The van der Waals surface area contributed by atoms with E-state index in [0.29, 0.717) is 28.3 Å². The number of pyridine rings is 2. The molecule has 0 saturated carbocycles. The number of para-hydroxylation sites is 1. The molecular weight excluding hydrogens is 687 g/mol. The first kappa shape index (κ1) is 32.3. The van der Waals surface area contributed by atoms with Crippen molar-refractivity contribution in [2.45, 2.75) is 0 Å². The molecule has 0 bridgehead atoms. The molecule has 0 fully saturated rings. The lowest BCUT2D eigenvalue weighted by atomic mass is 9.89. The van der Waals surface area contributed by atoms with Gasteiger partial charge in [0.15, 0.2) is 0 Å². The van der Waals surface area contributed by atoms with Crippen LogP contribution in [-0.2, 0) is 0 Å². The van der Waals surface area contributed by atoms with Crippen LogP contribution in [0.2, 0.25) is 0 Å². The fraction of sp³-hybridized carbons (Fsp3) is 0. The average Bonchev–Trinajstić information content (AvgIpc) is 3.78. The van der Waals surface area contributed by atoms with E-state index >= 15 is 0 Å². The van der Waals surface area contributed by atoms with Crippen LogP contribution in [0.1, 0.15) is 16.7 Å². The molecule has 10 rings (SSSR count). The molecule has 10 aromatic rings. The van der Waals surface area contributed by atoms with Crippen LogP contribution in [0.3, 0.4) is 0 Å². The molecule has 0 saturated heterocycles. The molecule has 0 aliphatic rings. The average molecular weight is 714 g/mol. The van der Waals surface area contributed by atoms with Gasteiger partial charge in [-0.2, -0.15) is 15.8 Å². The van der Waals surface area contributed by atoms with Crippen LogP contribution >= 0.6 is 0 Å². The highest BCUT2D eigenvalue weighted by Crippen LogP contribution is 2.41. The Kier molecular flexibility index (Phi) is 7.49. The summed E-state index contributed by atoms with van der Waals surface area (Å²) in [5.41, 5.74) is 11.3. The number of hydrogen-bond acceptors (Lipinski definition) is 5. The summed E-state index contributed by atoms with van der Waals surface area (Å²) in [6.07, 6.45) is 1.81. The van der Waals surface area contributed by atoms with E-state index < -0.39 is 0 Å². The van der Waals surface area contributed by atoms with Crippen molar-refractivity contribution in [3.05, 3.63) is 181 Å². The second-order valence-corrected chi connectivity index (χ2v) is 13.6. The third kappa shape index (κ3) is 5.11. The van der Waals surface area contributed by atoms with E-state index in [1.165, 1.54) is 0 Å². The quantitative estimate of drug-likeness (QED) is 0.176. The Balaban J connectivity index is 1.29. The van der Waals surface area contributed by atoms with E-state index in [2.05, 4.69) is 100 Å². The van der Waals surface area contributed by atoms with Gasteiger partial charge in [0.2, 0.25) is 0 Å². The topological polar surface area (TPSA) is 107 Å². The summed E-state index contributed by atoms with van der Waals surface area (Å²) in [5.74, 6) is 1.36. The highest BCUT2D eigenvalue weighted by molar-refractivity contribution is 6.10. The van der Waals surface area contributed by atoms with Crippen LogP contribution < -0.4 is 0 Å². The van der Waals surface area contributed by atoms with Crippen LogP contribution in [0.15, 0.2) is 164 Å². The van der Waals surface area contributed by atoms with Crippen molar-refractivity contribution in [2.24, 2.45) is 0 Å². The maximum Gasteiger partial charge on any atom is 0.146 e. The molecule has 0 aliphatic carbocycles. The molecule has 4 heterocycles. The predicted molar refractivity (Wildman–Crippen MR) is 221 cm³/mol. The maximum absolute atomic E-state index is 9.86. The first-order valence-electron chi connectivity index (χ1n) is 18.1. The molecule has 4 aromatic heterocycles. The number of nitriles is 3. The Labute approximate surface area is 321 Å². The number of aromatic nitrogens is 4. The van der Waals surface area contributed by atoms with Crippen molar-refractivity contribution < 1.29 is 0 Å². The maximum atomic E-state index is 9.86. The fourth-order valence-corrected chi connectivity index (χ4v) is 7.99. The number of benzene rings is 6. The van der Waals surface area contributed by atoms with E-state index in [4.69, 9.17) is 9.97 Å². The van der Waals surface area contributed by atoms with Crippen LogP contribution in [0, 0.1) is 34.0 Å². The minimum atomic E-state index is 0.535. The number of nitrogens with zero attached hydrogens (tertiary/aromatic N) is 7. The molecule has 7 heteroatoms. The molecule has 0 atom stereocenters. The van der Waals surface area contributed by atoms with Gasteiger partial charge in [0, 0.05) is 27.7 Å². The summed E-state index contributed by atoms with van der Waals surface area (Å²) in [4.78, 5) is 10.3. The lowest BCUT2D eigenvalue weighted by Gasteiger charge is -2.17. The van der Waals surface area contributed by atoms with E-state index in [-0.39, 0.29) is 0 Å². The Hall–Kier alpha value is -8.31. The molecule has 0 N–H and O–H groups in total. The van der Waals surface area contributed by atoms with Crippen molar-refractivity contribution in [3.63, 3.8) is 0 Å². The smallest absolute Gasteiger partial charge is 0.146 e. The first-order valence-corrected chi connectivity index (χ1v) is 18.1. The monoisotopic (exact) mass is 713 g/mol. The minimum Gasteiger partial charge on any atom is -0.294 e. The SMILES string of the molecule is N#Cc1ccc(-c2ccccc2-c2ccccc2-c2cc(-n3c4ccc(C#N)cc4c4cc(C#N)ccc43)nc(-n3c4ccccc4c4cccnc43)c2)cc1. The van der Waals surface area contributed by atoms with Crippen LogP contribution in [-0.4, -0.2) is 19.1 Å². The number of rotatable bonds is 5. The molecule has 7 nitrogen and oxygen atoms in total. The van der Waals surface area contributed by atoms with Crippen molar-refractivity contribution >= 4 is 43.7 Å². The lowest BCUT2D eigenvalue weighted by Crippen LogP contribution is -2.05. The van der Waals surface area contributed by atoms with Crippen molar-refractivity contribution in [1.82, 2.24) is 19.1 Å². The summed E-state index contributed by atoms with van der Waals surface area (Å²) >= 11 is 0. The molecule has 0 spiro atoms. The van der Waals surface area contributed by atoms with Crippen molar-refractivity contribution in [2.75, 3.05) is 0 Å². The Bertz CT molecular complexity index is 3220. The summed E-state index contributed by atoms with van der Waals surface area (Å²) in [6.45, 7) is 0. The minimum absolute atomic E-state index is 0.535. The second-order valence-electron chi connectivity index (χ2n) is 13.6. The Morgan fingerprint density at radius 1 is 0.393 bits per heavy atom. The van der Waals surface area contributed by atoms with Crippen molar-refractivity contribution in [3.8, 4) is 63.2 Å². The van der Waals surface area contributed by atoms with Gasteiger partial charge in [-0.15, -0.1) is 0 Å². The second kappa shape index (κ2) is 13.0. The number of fused-ring (bicyclic) bond motifs is 6. The van der Waals surface area contributed by atoms with Crippen LogP contribution in [0.25, 0.3) is 88.8 Å². The van der Waals surface area contributed by atoms with Gasteiger partial charge in [0.1, 0.15) is 17.3 Å². The van der Waals surface area contributed by atoms with Gasteiger partial charge in [-0.05, 0) is 112 Å². The lowest BCUT2D eigenvalue weighted by molar-refractivity contribution is 1.00. The van der Waals surface area contributed by atoms with Crippen molar-refractivity contribution in [1.29, 1.82) is 15.8 Å². The van der Waals surface area contributed by atoms with Crippen LogP contribution in [0.4, 0.5) is 0 Å². The van der Waals surface area contributed by atoms with E-state index in [9.17, 15) is 15.8 Å². The third-order valence-electron chi connectivity index (χ3n) is 10.5. The third-order valence-corrected chi connectivity index (χ3v) is 10.5. The van der Waals surface area contributed by atoms with Gasteiger partial charge in [-0.1, -0.05) is 78.9 Å². The summed E-state index contributed by atoms with van der Waals surface area (Å²) in [7, 11) is 0. The molecule has 0 unspecified atom stereocenters. The largest absolute Gasteiger partial charge is 0.294 e. The van der Waals surface area contributed by atoms with Gasteiger partial charge in [0.05, 0.1) is 51.4 Å².